The lowest BCUT2D eigenvalue weighted by Gasteiger charge is -2.06. The molecule has 0 aromatic rings. The monoisotopic (exact) mass is 306 g/mol. The Labute approximate surface area is 101 Å². The number of unbranched alkanes of at least 4 members (excludes halogenated alkanes) is 1. The standard InChI is InChI=1S/C6H12O10P2/c7-5(15-17(9,10)11)3-1-2-4-6(8)16-18(12,13)14/h1-4H2,(H2,9,10,11)(H2,12,13,14). The van der Waals surface area contributed by atoms with E-state index in [4.69, 9.17) is 19.6 Å². The van der Waals surface area contributed by atoms with Crippen LogP contribution in [0.2, 0.25) is 0 Å². The number of phosphoric ester groups is 2. The quantitative estimate of drug-likeness (QED) is 0.365. The summed E-state index contributed by atoms with van der Waals surface area (Å²) in [7, 11) is -9.72. The highest BCUT2D eigenvalue weighted by molar-refractivity contribution is 7.47. The molecule has 0 aliphatic rings. The lowest BCUT2D eigenvalue weighted by atomic mass is 10.2. The molecule has 0 fully saturated rings. The van der Waals surface area contributed by atoms with Crippen LogP contribution < -0.4 is 0 Å². The first-order chi connectivity index (χ1) is 7.99. The summed E-state index contributed by atoms with van der Waals surface area (Å²) in [6.45, 7) is 0. The average Bonchev–Trinajstić information content (AvgIpc) is 2.06. The van der Waals surface area contributed by atoms with E-state index in [1.54, 1.807) is 0 Å². The van der Waals surface area contributed by atoms with E-state index in [0.717, 1.165) is 0 Å². The first-order valence-corrected chi connectivity index (χ1v) is 7.61. The fourth-order valence-electron chi connectivity index (χ4n) is 0.895. The smallest absolute Gasteiger partial charge is 0.371 e. The summed E-state index contributed by atoms with van der Waals surface area (Å²) in [6.07, 6.45) is -0.577. The normalized spacial score (nSPS) is 12.0. The van der Waals surface area contributed by atoms with Gasteiger partial charge in [0.2, 0.25) is 0 Å². The van der Waals surface area contributed by atoms with E-state index in [1.807, 2.05) is 0 Å². The SMILES string of the molecule is O=C(CCCCC(=O)OP(=O)(O)O)OP(=O)(O)O. The van der Waals surface area contributed by atoms with Crippen LogP contribution in [0.5, 0.6) is 0 Å². The van der Waals surface area contributed by atoms with Crippen LogP contribution in [0.3, 0.4) is 0 Å². The van der Waals surface area contributed by atoms with Gasteiger partial charge in [-0.15, -0.1) is 0 Å². The van der Waals surface area contributed by atoms with Crippen molar-refractivity contribution in [2.45, 2.75) is 25.7 Å². The Morgan fingerprint density at radius 1 is 0.778 bits per heavy atom. The molecule has 0 atom stereocenters. The molecule has 12 heteroatoms. The molecule has 0 unspecified atom stereocenters. The first-order valence-electron chi connectivity index (χ1n) is 4.55. The van der Waals surface area contributed by atoms with Crippen LogP contribution in [-0.4, -0.2) is 31.5 Å². The Morgan fingerprint density at radius 2 is 1.06 bits per heavy atom. The number of carbonyl (C=O) groups excluding carboxylic acids is 2. The second-order valence-corrected chi connectivity index (χ2v) is 5.44. The van der Waals surface area contributed by atoms with Crippen LogP contribution in [0.25, 0.3) is 0 Å². The molecular weight excluding hydrogens is 294 g/mol. The van der Waals surface area contributed by atoms with E-state index in [9.17, 15) is 18.7 Å². The first kappa shape index (κ1) is 17.2. The summed E-state index contributed by atoms with van der Waals surface area (Å²) in [5.41, 5.74) is 0. The molecule has 0 bridgehead atoms. The van der Waals surface area contributed by atoms with Crippen LogP contribution in [0.15, 0.2) is 0 Å². The van der Waals surface area contributed by atoms with Crippen molar-refractivity contribution in [3.8, 4) is 0 Å². The number of hydrogen-bond acceptors (Lipinski definition) is 6. The molecule has 0 aliphatic carbocycles. The van der Waals surface area contributed by atoms with Gasteiger partial charge in [-0.1, -0.05) is 0 Å². The van der Waals surface area contributed by atoms with Crippen molar-refractivity contribution in [3.63, 3.8) is 0 Å². The molecule has 0 aromatic carbocycles. The van der Waals surface area contributed by atoms with Crippen molar-refractivity contribution < 1.29 is 47.3 Å². The Hall–Kier alpha value is -0.760. The van der Waals surface area contributed by atoms with Gasteiger partial charge >= 0.3 is 27.6 Å². The Morgan fingerprint density at radius 3 is 1.28 bits per heavy atom. The number of rotatable bonds is 7. The summed E-state index contributed by atoms with van der Waals surface area (Å²) in [5.74, 6) is -2.27. The van der Waals surface area contributed by atoms with Crippen molar-refractivity contribution in [2.24, 2.45) is 0 Å². The molecule has 0 saturated heterocycles. The van der Waals surface area contributed by atoms with E-state index in [-0.39, 0.29) is 25.7 Å². The van der Waals surface area contributed by atoms with Gasteiger partial charge in [0.1, 0.15) is 0 Å². The van der Waals surface area contributed by atoms with Crippen LogP contribution in [-0.2, 0) is 27.8 Å². The molecular formula is C6H12O10P2. The third-order valence-electron chi connectivity index (χ3n) is 1.45. The topological polar surface area (TPSA) is 168 Å². The number of hydrogen-bond donors (Lipinski definition) is 4. The molecule has 10 nitrogen and oxygen atoms in total. The molecule has 18 heavy (non-hydrogen) atoms. The van der Waals surface area contributed by atoms with Gasteiger partial charge in [-0.25, -0.2) is 9.13 Å². The van der Waals surface area contributed by atoms with Gasteiger partial charge in [-0.2, -0.15) is 0 Å². The van der Waals surface area contributed by atoms with Gasteiger partial charge in [-0.05, 0) is 12.8 Å². The summed E-state index contributed by atoms with van der Waals surface area (Å²) in [4.78, 5) is 54.6. The maximum Gasteiger partial charge on any atom is 0.526 e. The third-order valence-corrected chi connectivity index (χ3v) is 2.34. The molecule has 0 radical (unpaired) electrons. The van der Waals surface area contributed by atoms with Crippen molar-refractivity contribution in [1.82, 2.24) is 0 Å². The zero-order valence-electron chi connectivity index (χ0n) is 8.96. The molecule has 0 amide bonds. The van der Waals surface area contributed by atoms with E-state index < -0.39 is 27.6 Å². The van der Waals surface area contributed by atoms with Gasteiger partial charge in [-0.3, -0.25) is 29.2 Å². The van der Waals surface area contributed by atoms with E-state index in [0.29, 0.717) is 0 Å². The van der Waals surface area contributed by atoms with Crippen molar-refractivity contribution in [2.75, 3.05) is 0 Å². The zero-order chi connectivity index (χ0) is 14.4. The maximum atomic E-state index is 10.8. The predicted octanol–water partition coefficient (Wildman–Crippen LogP) is -0.181. The van der Waals surface area contributed by atoms with E-state index >= 15 is 0 Å². The van der Waals surface area contributed by atoms with Crippen LogP contribution in [0.4, 0.5) is 0 Å². The molecule has 4 N–H and O–H groups in total. The van der Waals surface area contributed by atoms with Crippen LogP contribution in [0.1, 0.15) is 25.7 Å². The van der Waals surface area contributed by atoms with Crippen molar-refractivity contribution in [1.29, 1.82) is 0 Å². The second-order valence-electron chi connectivity index (χ2n) is 3.11. The fourth-order valence-corrected chi connectivity index (χ4v) is 1.61. The van der Waals surface area contributed by atoms with Gasteiger partial charge < -0.3 is 9.05 Å². The summed E-state index contributed by atoms with van der Waals surface area (Å²) < 4.78 is 27.9. The fraction of sp³-hybridized carbons (Fsp3) is 0.667. The zero-order valence-corrected chi connectivity index (χ0v) is 10.8. The molecule has 0 spiro atoms. The third kappa shape index (κ3) is 11.7. The lowest BCUT2D eigenvalue weighted by molar-refractivity contribution is -0.138. The molecule has 0 heterocycles. The minimum atomic E-state index is -4.86. The summed E-state index contributed by atoms with van der Waals surface area (Å²) in [5, 5.41) is 0. The van der Waals surface area contributed by atoms with E-state index in [2.05, 4.69) is 9.05 Å². The van der Waals surface area contributed by atoms with Crippen molar-refractivity contribution in [3.05, 3.63) is 0 Å². The predicted molar refractivity (Wildman–Crippen MR) is 54.7 cm³/mol. The second kappa shape index (κ2) is 6.98. The van der Waals surface area contributed by atoms with E-state index in [1.165, 1.54) is 0 Å². The maximum absolute atomic E-state index is 10.8. The minimum absolute atomic E-state index is 0.0507. The lowest BCUT2D eigenvalue weighted by Crippen LogP contribution is -2.04. The van der Waals surface area contributed by atoms with Crippen LogP contribution >= 0.6 is 15.6 Å². The van der Waals surface area contributed by atoms with Gasteiger partial charge in [0, 0.05) is 12.8 Å². The Bertz CT molecular complexity index is 353. The number of carbonyl (C=O) groups is 2. The van der Waals surface area contributed by atoms with Gasteiger partial charge in [0.25, 0.3) is 0 Å². The van der Waals surface area contributed by atoms with Gasteiger partial charge in [0.15, 0.2) is 0 Å². The molecule has 0 aromatic heterocycles. The number of phosphoric acid groups is 2. The summed E-state index contributed by atoms with van der Waals surface area (Å²) in [6, 6.07) is 0. The molecule has 106 valence electrons. The highest BCUT2D eigenvalue weighted by Crippen LogP contribution is 2.37. The van der Waals surface area contributed by atoms with Crippen LogP contribution in [0, 0.1) is 0 Å². The summed E-state index contributed by atoms with van der Waals surface area (Å²) >= 11 is 0. The van der Waals surface area contributed by atoms with Crippen molar-refractivity contribution >= 4 is 27.6 Å². The molecule has 0 rings (SSSR count). The van der Waals surface area contributed by atoms with Gasteiger partial charge in [0.05, 0.1) is 0 Å². The highest BCUT2D eigenvalue weighted by Gasteiger charge is 2.21. The minimum Gasteiger partial charge on any atom is -0.371 e. The largest absolute Gasteiger partial charge is 0.526 e. The molecule has 0 aliphatic heterocycles. The average molecular weight is 306 g/mol. The Balaban J connectivity index is 3.75. The molecule has 0 saturated carbocycles. The Kier molecular flexibility index (Phi) is 6.69. The highest BCUT2D eigenvalue weighted by atomic mass is 31.2.